The second kappa shape index (κ2) is 6.09. The topological polar surface area (TPSA) is 26.3 Å². The molecule has 0 aliphatic heterocycles. The van der Waals surface area contributed by atoms with E-state index in [4.69, 9.17) is 16.1 Å². The first-order chi connectivity index (χ1) is 7.21. The summed E-state index contributed by atoms with van der Waals surface area (Å²) in [7, 11) is -0.484. The minimum absolute atomic E-state index is 0.484. The van der Waals surface area contributed by atoms with E-state index >= 15 is 0 Å². The van der Waals surface area contributed by atoms with E-state index in [0.717, 1.165) is 18.6 Å². The van der Waals surface area contributed by atoms with Gasteiger partial charge in [0.15, 0.2) is 6.29 Å². The van der Waals surface area contributed by atoms with Gasteiger partial charge in [0.1, 0.15) is 5.75 Å². The van der Waals surface area contributed by atoms with Gasteiger partial charge in [-0.05, 0) is 18.2 Å². The lowest BCUT2D eigenvalue weighted by molar-refractivity contribution is 0.112. The molecule has 0 spiro atoms. The van der Waals surface area contributed by atoms with Crippen LogP contribution in [0.4, 0.5) is 0 Å². The fourth-order valence-electron chi connectivity index (χ4n) is 1.18. The standard InChI is InChI=1S/C11H14ClO2P/c1-3-15(4-2)14-11-7-10(12)6-5-9(11)8-13/h5-8H,3-4H2,1-2H3. The van der Waals surface area contributed by atoms with E-state index in [9.17, 15) is 4.79 Å². The van der Waals surface area contributed by atoms with E-state index in [1.807, 2.05) is 0 Å². The predicted octanol–water partition coefficient (Wildman–Crippen LogP) is 3.97. The van der Waals surface area contributed by atoms with Crippen molar-refractivity contribution in [3.63, 3.8) is 0 Å². The van der Waals surface area contributed by atoms with Crippen molar-refractivity contribution in [1.29, 1.82) is 0 Å². The molecule has 0 radical (unpaired) electrons. The van der Waals surface area contributed by atoms with Crippen molar-refractivity contribution < 1.29 is 9.32 Å². The lowest BCUT2D eigenvalue weighted by atomic mass is 10.2. The number of benzene rings is 1. The molecule has 0 saturated carbocycles. The van der Waals surface area contributed by atoms with Crippen LogP contribution in [0.25, 0.3) is 0 Å². The third-order valence-electron chi connectivity index (χ3n) is 2.04. The Morgan fingerprint density at radius 3 is 2.60 bits per heavy atom. The zero-order chi connectivity index (χ0) is 11.3. The molecule has 0 unspecified atom stereocenters. The quantitative estimate of drug-likeness (QED) is 0.579. The summed E-state index contributed by atoms with van der Waals surface area (Å²) in [5, 5.41) is 0.595. The van der Waals surface area contributed by atoms with Gasteiger partial charge in [0.2, 0.25) is 0 Å². The molecular weight excluding hydrogens is 231 g/mol. The molecular formula is C11H14ClO2P. The van der Waals surface area contributed by atoms with E-state index < -0.39 is 8.15 Å². The van der Waals surface area contributed by atoms with E-state index in [0.29, 0.717) is 16.3 Å². The number of halogens is 1. The molecule has 0 aliphatic carbocycles. The molecule has 0 amide bonds. The van der Waals surface area contributed by atoms with Gasteiger partial charge in [-0.25, -0.2) is 0 Å². The van der Waals surface area contributed by atoms with E-state index in [-0.39, 0.29) is 0 Å². The summed E-state index contributed by atoms with van der Waals surface area (Å²) in [6.07, 6.45) is 2.76. The Balaban J connectivity index is 2.90. The molecule has 0 bridgehead atoms. The minimum atomic E-state index is -0.484. The smallest absolute Gasteiger partial charge is 0.153 e. The van der Waals surface area contributed by atoms with E-state index in [1.54, 1.807) is 18.2 Å². The molecule has 4 heteroatoms. The van der Waals surface area contributed by atoms with E-state index in [2.05, 4.69) is 13.8 Å². The maximum absolute atomic E-state index is 10.8. The summed E-state index contributed by atoms with van der Waals surface area (Å²) in [5.74, 6) is 0.604. The molecule has 0 saturated heterocycles. The molecule has 0 aliphatic rings. The lowest BCUT2D eigenvalue weighted by Gasteiger charge is -2.16. The Kier molecular flexibility index (Phi) is 5.07. The predicted molar refractivity (Wildman–Crippen MR) is 65.5 cm³/mol. The minimum Gasteiger partial charge on any atom is -0.473 e. The average Bonchev–Trinajstić information content (AvgIpc) is 2.26. The third kappa shape index (κ3) is 3.48. The van der Waals surface area contributed by atoms with Crippen LogP contribution in [0.2, 0.25) is 5.02 Å². The first-order valence-electron chi connectivity index (χ1n) is 4.88. The molecule has 1 aromatic carbocycles. The van der Waals surface area contributed by atoms with Gasteiger partial charge in [0, 0.05) is 17.3 Å². The number of carbonyl (C=O) groups is 1. The molecule has 0 N–H and O–H groups in total. The molecule has 0 aromatic heterocycles. The third-order valence-corrected chi connectivity index (χ3v) is 4.14. The summed E-state index contributed by atoms with van der Waals surface area (Å²) in [6, 6.07) is 5.08. The van der Waals surface area contributed by atoms with Gasteiger partial charge in [0.25, 0.3) is 0 Å². The van der Waals surface area contributed by atoms with E-state index in [1.165, 1.54) is 0 Å². The maximum atomic E-state index is 10.8. The summed E-state index contributed by atoms with van der Waals surface area (Å²) < 4.78 is 5.76. The normalized spacial score (nSPS) is 10.4. The van der Waals surface area contributed by atoms with Crippen LogP contribution in [0.15, 0.2) is 18.2 Å². The van der Waals surface area contributed by atoms with Gasteiger partial charge in [-0.2, -0.15) is 0 Å². The molecule has 0 fully saturated rings. The SMILES string of the molecule is CCP(CC)Oc1cc(Cl)ccc1C=O. The summed E-state index contributed by atoms with van der Waals surface area (Å²) in [4.78, 5) is 10.8. The van der Waals surface area contributed by atoms with Crippen LogP contribution in [-0.4, -0.2) is 18.6 Å². The van der Waals surface area contributed by atoms with Crippen molar-refractivity contribution in [2.75, 3.05) is 12.3 Å². The van der Waals surface area contributed by atoms with Crippen LogP contribution in [0.1, 0.15) is 24.2 Å². The van der Waals surface area contributed by atoms with Gasteiger partial charge in [-0.3, -0.25) is 4.79 Å². The van der Waals surface area contributed by atoms with Crippen molar-refractivity contribution >= 4 is 26.0 Å². The van der Waals surface area contributed by atoms with Crippen LogP contribution in [0.3, 0.4) is 0 Å². The van der Waals surface area contributed by atoms with Crippen LogP contribution in [0.5, 0.6) is 5.75 Å². The second-order valence-electron chi connectivity index (χ2n) is 3.01. The average molecular weight is 245 g/mol. The molecule has 82 valence electrons. The van der Waals surface area contributed by atoms with Gasteiger partial charge in [-0.1, -0.05) is 25.4 Å². The highest BCUT2D eigenvalue weighted by molar-refractivity contribution is 7.52. The first kappa shape index (κ1) is 12.5. The van der Waals surface area contributed by atoms with Crippen LogP contribution < -0.4 is 4.52 Å². The monoisotopic (exact) mass is 244 g/mol. The van der Waals surface area contributed by atoms with Crippen LogP contribution >= 0.6 is 19.7 Å². The molecule has 15 heavy (non-hydrogen) atoms. The molecule has 1 aromatic rings. The molecule has 0 atom stereocenters. The zero-order valence-electron chi connectivity index (χ0n) is 8.87. The van der Waals surface area contributed by atoms with Crippen LogP contribution in [0, 0.1) is 0 Å². The van der Waals surface area contributed by atoms with Crippen molar-refractivity contribution in [2.24, 2.45) is 0 Å². The highest BCUT2D eigenvalue weighted by Crippen LogP contribution is 2.39. The fourth-order valence-corrected chi connectivity index (χ4v) is 2.48. The number of rotatable bonds is 5. The zero-order valence-corrected chi connectivity index (χ0v) is 10.5. The fraction of sp³-hybridized carbons (Fsp3) is 0.364. The summed E-state index contributed by atoms with van der Waals surface area (Å²) in [6.45, 7) is 4.17. The Hall–Kier alpha value is -0.590. The number of hydrogen-bond acceptors (Lipinski definition) is 2. The Morgan fingerprint density at radius 2 is 2.07 bits per heavy atom. The van der Waals surface area contributed by atoms with Crippen molar-refractivity contribution in [2.45, 2.75) is 13.8 Å². The molecule has 2 nitrogen and oxygen atoms in total. The Bertz CT molecular complexity index is 337. The van der Waals surface area contributed by atoms with Gasteiger partial charge in [0.05, 0.1) is 13.7 Å². The Morgan fingerprint density at radius 1 is 1.40 bits per heavy atom. The largest absolute Gasteiger partial charge is 0.473 e. The van der Waals surface area contributed by atoms with Crippen molar-refractivity contribution in [3.8, 4) is 5.75 Å². The summed E-state index contributed by atoms with van der Waals surface area (Å²) in [5.41, 5.74) is 0.564. The van der Waals surface area contributed by atoms with Gasteiger partial charge >= 0.3 is 0 Å². The number of carbonyl (C=O) groups excluding carboxylic acids is 1. The maximum Gasteiger partial charge on any atom is 0.153 e. The second-order valence-corrected chi connectivity index (χ2v) is 5.85. The number of hydrogen-bond donors (Lipinski definition) is 0. The van der Waals surface area contributed by atoms with Crippen LogP contribution in [-0.2, 0) is 0 Å². The molecule has 0 heterocycles. The number of aldehydes is 1. The Labute approximate surface area is 96.4 Å². The molecule has 1 rings (SSSR count). The highest BCUT2D eigenvalue weighted by atomic mass is 35.5. The lowest BCUT2D eigenvalue weighted by Crippen LogP contribution is -1.95. The van der Waals surface area contributed by atoms with Gasteiger partial charge < -0.3 is 4.52 Å². The van der Waals surface area contributed by atoms with Crippen molar-refractivity contribution in [1.82, 2.24) is 0 Å². The summed E-state index contributed by atoms with van der Waals surface area (Å²) >= 11 is 5.85. The first-order valence-corrected chi connectivity index (χ1v) is 6.89. The van der Waals surface area contributed by atoms with Crippen molar-refractivity contribution in [3.05, 3.63) is 28.8 Å². The van der Waals surface area contributed by atoms with Gasteiger partial charge in [-0.15, -0.1) is 0 Å². The highest BCUT2D eigenvalue weighted by Gasteiger charge is 2.09.